The summed E-state index contributed by atoms with van der Waals surface area (Å²) >= 11 is 0. The molecule has 1 aromatic rings. The van der Waals surface area contributed by atoms with E-state index in [1.807, 2.05) is 20.8 Å². The monoisotopic (exact) mass is 333 g/mol. The Bertz CT molecular complexity index is 616. The molecule has 1 heterocycles. The van der Waals surface area contributed by atoms with Gasteiger partial charge in [0, 0.05) is 6.20 Å². The van der Waals surface area contributed by atoms with E-state index in [-0.39, 0.29) is 23.8 Å². The number of hydrogen-bond acceptors (Lipinski definition) is 6. The van der Waals surface area contributed by atoms with E-state index >= 15 is 0 Å². The fourth-order valence-electron chi connectivity index (χ4n) is 1.52. The molecule has 1 amide bonds. The third-order valence-electron chi connectivity index (χ3n) is 2.58. The lowest BCUT2D eigenvalue weighted by molar-refractivity contribution is 0.0363. The first-order valence-corrected chi connectivity index (χ1v) is 8.63. The van der Waals surface area contributed by atoms with Gasteiger partial charge in [-0.05, 0) is 34.1 Å². The molecule has 9 heteroatoms. The Morgan fingerprint density at radius 3 is 2.50 bits per heavy atom. The van der Waals surface area contributed by atoms with E-state index in [0.29, 0.717) is 6.42 Å². The van der Waals surface area contributed by atoms with Gasteiger partial charge in [-0.2, -0.15) is 8.42 Å². The van der Waals surface area contributed by atoms with E-state index in [4.69, 9.17) is 9.02 Å². The highest BCUT2D eigenvalue weighted by atomic mass is 32.2. The number of carbonyl (C=O) groups is 1. The number of rotatable bonds is 7. The molecule has 0 aliphatic heterocycles. The normalized spacial score (nSPS) is 12.2. The lowest BCUT2D eigenvalue weighted by Crippen LogP contribution is -2.25. The first-order chi connectivity index (χ1) is 10.1. The van der Waals surface area contributed by atoms with E-state index in [9.17, 15) is 13.2 Å². The van der Waals surface area contributed by atoms with Crippen LogP contribution >= 0.6 is 0 Å². The zero-order chi connectivity index (χ0) is 17.0. The van der Waals surface area contributed by atoms with Crippen LogP contribution in [0, 0.1) is 0 Å². The van der Waals surface area contributed by atoms with Crippen LogP contribution in [0.4, 0.5) is 0 Å². The first-order valence-electron chi connectivity index (χ1n) is 7.05. The van der Waals surface area contributed by atoms with Crippen molar-refractivity contribution in [2.24, 2.45) is 0 Å². The molecule has 8 nitrogen and oxygen atoms in total. The lowest BCUT2D eigenvalue weighted by Gasteiger charge is -2.18. The van der Waals surface area contributed by atoms with Crippen LogP contribution < -0.4 is 9.66 Å². The molecule has 0 aromatic carbocycles. The van der Waals surface area contributed by atoms with Crippen molar-refractivity contribution in [1.29, 1.82) is 0 Å². The Morgan fingerprint density at radius 1 is 1.36 bits per heavy atom. The third-order valence-corrected chi connectivity index (χ3v) is 3.90. The number of carbonyl (C=O) groups excluding carboxylic acids is 1. The number of hydrogen-bond donors (Lipinski definition) is 1. The zero-order valence-electron chi connectivity index (χ0n) is 13.5. The fraction of sp³-hybridized carbons (Fsp3) is 0.692. The second-order valence-electron chi connectivity index (χ2n) is 5.67. The van der Waals surface area contributed by atoms with Crippen LogP contribution in [-0.4, -0.2) is 36.5 Å². The van der Waals surface area contributed by atoms with Crippen molar-refractivity contribution < 1.29 is 22.2 Å². The van der Waals surface area contributed by atoms with Gasteiger partial charge >= 0.3 is 10.1 Å². The minimum atomic E-state index is -3.79. The summed E-state index contributed by atoms with van der Waals surface area (Å²) in [6, 6.07) is 0. The highest BCUT2D eigenvalue weighted by Crippen LogP contribution is 2.23. The Morgan fingerprint density at radius 2 is 2.00 bits per heavy atom. The van der Waals surface area contributed by atoms with Crippen molar-refractivity contribution in [2.75, 3.05) is 12.4 Å². The van der Waals surface area contributed by atoms with Crippen LogP contribution in [0.25, 0.3) is 0 Å². The largest absolute Gasteiger partial charge is 0.359 e. The molecule has 1 aromatic heterocycles. The van der Waals surface area contributed by atoms with Gasteiger partial charge in [0.25, 0.3) is 11.8 Å². The molecule has 0 radical (unpaired) electrons. The highest BCUT2D eigenvalue weighted by Gasteiger charge is 2.26. The molecule has 0 aliphatic carbocycles. The van der Waals surface area contributed by atoms with Gasteiger partial charge in [0.05, 0.1) is 17.9 Å². The Labute approximate surface area is 130 Å². The summed E-state index contributed by atoms with van der Waals surface area (Å²) < 4.78 is 30.1. The summed E-state index contributed by atoms with van der Waals surface area (Å²) in [5.74, 6) is -1.01. The SMILES string of the molecule is CCCS(=O)(=O)Oc1nn(C(C)(C)C)cc1C(=O)NOCC. The average molecular weight is 333 g/mol. The summed E-state index contributed by atoms with van der Waals surface area (Å²) in [6.07, 6.45) is 1.84. The van der Waals surface area contributed by atoms with Gasteiger partial charge in [-0.3, -0.25) is 14.3 Å². The number of nitrogens with zero attached hydrogens (tertiary/aromatic N) is 2. The maximum Gasteiger partial charge on any atom is 0.310 e. The molecule has 0 fully saturated rings. The molecule has 22 heavy (non-hydrogen) atoms. The second kappa shape index (κ2) is 7.10. The van der Waals surface area contributed by atoms with E-state index in [0.717, 1.165) is 0 Å². The number of aromatic nitrogens is 2. The molecule has 0 saturated carbocycles. The summed E-state index contributed by atoms with van der Waals surface area (Å²) in [4.78, 5) is 16.9. The maximum atomic E-state index is 12.0. The third kappa shape index (κ3) is 4.99. The minimum Gasteiger partial charge on any atom is -0.359 e. The Balaban J connectivity index is 3.17. The first kappa shape index (κ1) is 18.4. The maximum absolute atomic E-state index is 12.0. The molecule has 0 bridgehead atoms. The molecule has 0 unspecified atom stereocenters. The Kier molecular flexibility index (Phi) is 5.95. The van der Waals surface area contributed by atoms with E-state index < -0.39 is 21.6 Å². The number of hydroxylamine groups is 1. The predicted octanol–water partition coefficient (Wildman–Crippen LogP) is 1.44. The summed E-state index contributed by atoms with van der Waals surface area (Å²) in [5, 5.41) is 4.08. The second-order valence-corrected chi connectivity index (χ2v) is 7.36. The quantitative estimate of drug-likeness (QED) is 0.599. The van der Waals surface area contributed by atoms with Crippen molar-refractivity contribution >= 4 is 16.0 Å². The molecule has 1 rings (SSSR count). The zero-order valence-corrected chi connectivity index (χ0v) is 14.4. The van der Waals surface area contributed by atoms with Gasteiger partial charge in [-0.1, -0.05) is 6.92 Å². The predicted molar refractivity (Wildman–Crippen MR) is 81.0 cm³/mol. The smallest absolute Gasteiger partial charge is 0.310 e. The molecular formula is C13H23N3O5S. The molecular weight excluding hydrogens is 310 g/mol. The van der Waals surface area contributed by atoms with Crippen molar-refractivity contribution in [2.45, 2.75) is 46.6 Å². The van der Waals surface area contributed by atoms with Crippen molar-refractivity contribution in [3.8, 4) is 5.88 Å². The van der Waals surface area contributed by atoms with Gasteiger partial charge in [-0.25, -0.2) is 5.48 Å². The van der Waals surface area contributed by atoms with Crippen molar-refractivity contribution in [1.82, 2.24) is 15.3 Å². The summed E-state index contributed by atoms with van der Waals surface area (Å²) in [5.41, 5.74) is 1.77. The molecule has 1 N–H and O–H groups in total. The van der Waals surface area contributed by atoms with E-state index in [1.54, 1.807) is 13.8 Å². The van der Waals surface area contributed by atoms with Gasteiger partial charge in [0.15, 0.2) is 0 Å². The fourth-order valence-corrected chi connectivity index (χ4v) is 2.47. The summed E-state index contributed by atoms with van der Waals surface area (Å²) in [6.45, 7) is 9.32. The molecule has 0 spiro atoms. The molecule has 126 valence electrons. The molecule has 0 aliphatic rings. The van der Waals surface area contributed by atoms with Crippen LogP contribution in [0.3, 0.4) is 0 Å². The van der Waals surface area contributed by atoms with E-state index in [2.05, 4.69) is 10.6 Å². The van der Waals surface area contributed by atoms with Gasteiger partial charge in [0.2, 0.25) is 0 Å². The molecule has 0 atom stereocenters. The Hall–Kier alpha value is -1.61. The van der Waals surface area contributed by atoms with Crippen molar-refractivity contribution in [3.05, 3.63) is 11.8 Å². The van der Waals surface area contributed by atoms with Gasteiger partial charge < -0.3 is 4.18 Å². The van der Waals surface area contributed by atoms with Gasteiger partial charge in [0.1, 0.15) is 5.56 Å². The highest BCUT2D eigenvalue weighted by molar-refractivity contribution is 7.87. The number of amides is 1. The van der Waals surface area contributed by atoms with Crippen LogP contribution in [0.5, 0.6) is 5.88 Å². The van der Waals surface area contributed by atoms with Gasteiger partial charge in [-0.15, -0.1) is 5.10 Å². The standard InChI is InChI=1S/C13H23N3O5S/c1-6-8-22(18,19)21-12-10(11(17)15-20-7-2)9-16(14-12)13(3,4)5/h9H,6-8H2,1-5H3,(H,15,17). The van der Waals surface area contributed by atoms with Crippen LogP contribution in [0.2, 0.25) is 0 Å². The van der Waals surface area contributed by atoms with Crippen molar-refractivity contribution in [3.63, 3.8) is 0 Å². The van der Waals surface area contributed by atoms with E-state index in [1.165, 1.54) is 10.9 Å². The van der Waals surface area contributed by atoms with Crippen LogP contribution in [0.1, 0.15) is 51.4 Å². The average Bonchev–Trinajstić information content (AvgIpc) is 2.78. The minimum absolute atomic E-state index is 0.00283. The molecule has 0 saturated heterocycles. The number of nitrogens with one attached hydrogen (secondary N) is 1. The van der Waals surface area contributed by atoms with Crippen LogP contribution in [-0.2, 0) is 20.5 Å². The topological polar surface area (TPSA) is 99.5 Å². The van der Waals surface area contributed by atoms with Crippen LogP contribution in [0.15, 0.2) is 6.20 Å². The lowest BCUT2D eigenvalue weighted by atomic mass is 10.1. The summed E-state index contributed by atoms with van der Waals surface area (Å²) in [7, 11) is -3.79.